The molecule has 0 unspecified atom stereocenters. The lowest BCUT2D eigenvalue weighted by molar-refractivity contribution is 0.385. The Morgan fingerprint density at radius 2 is 1.45 bits per heavy atom. The first-order chi connectivity index (χ1) is 17.7. The number of benzene rings is 1. The number of nitrogens with one attached hydrogen (secondary N) is 1. The minimum atomic E-state index is -4.35. The van der Waals surface area contributed by atoms with E-state index in [-0.39, 0.29) is 10.8 Å². The van der Waals surface area contributed by atoms with Gasteiger partial charge in [-0.05, 0) is 18.2 Å². The summed E-state index contributed by atoms with van der Waals surface area (Å²) < 4.78 is 82.1. The van der Waals surface area contributed by atoms with Gasteiger partial charge >= 0.3 is 10.6 Å². The lowest BCUT2D eigenvalue weighted by Crippen LogP contribution is -2.49. The van der Waals surface area contributed by atoms with E-state index in [1.54, 1.807) is 25.1 Å². The van der Waals surface area contributed by atoms with Crippen LogP contribution in [0.4, 0.5) is 23.5 Å². The summed E-state index contributed by atoms with van der Waals surface area (Å²) in [6.45, 7) is 9.48. The van der Waals surface area contributed by atoms with Gasteiger partial charge < -0.3 is 15.1 Å². The molecule has 38 heavy (non-hydrogen) atoms. The Kier molecular flexibility index (Phi) is 14.9. The first-order valence-corrected chi connectivity index (χ1v) is 15.7. The van der Waals surface area contributed by atoms with Gasteiger partial charge in [0.1, 0.15) is 0 Å². The van der Waals surface area contributed by atoms with Crippen molar-refractivity contribution in [1.29, 1.82) is 0 Å². The quantitative estimate of drug-likeness (QED) is 0.448. The first-order valence-electron chi connectivity index (χ1n) is 11.4. The Hall–Kier alpha value is -2.93. The van der Waals surface area contributed by atoms with Gasteiger partial charge in [0.05, 0.1) is 11.2 Å². The van der Waals surface area contributed by atoms with E-state index in [4.69, 9.17) is 12.6 Å². The van der Waals surface area contributed by atoms with Crippen molar-refractivity contribution >= 4 is 54.3 Å². The fourth-order valence-electron chi connectivity index (χ4n) is 2.83. The summed E-state index contributed by atoms with van der Waals surface area (Å²) in [7, 11) is -7.18. The molecule has 0 spiro atoms. The van der Waals surface area contributed by atoms with Gasteiger partial charge in [0, 0.05) is 46.0 Å². The van der Waals surface area contributed by atoms with E-state index in [1.807, 2.05) is 32.6 Å². The van der Waals surface area contributed by atoms with Gasteiger partial charge in [-0.25, -0.2) is 8.42 Å². The highest BCUT2D eigenvalue weighted by Crippen LogP contribution is 2.22. The third-order valence-electron chi connectivity index (χ3n) is 4.39. The molecule has 0 bridgehead atoms. The maximum Gasteiger partial charge on any atom is 0.425 e. The Morgan fingerprint density at radius 1 is 0.921 bits per heavy atom. The van der Waals surface area contributed by atoms with Gasteiger partial charge in [-0.15, -0.1) is 12.6 Å². The molecule has 18 heteroatoms. The maximum absolute atomic E-state index is 11.7. The Labute approximate surface area is 225 Å². The molecule has 15 nitrogen and oxygen atoms in total. The molecule has 0 atom stereocenters. The van der Waals surface area contributed by atoms with Crippen LogP contribution in [0, 0.1) is 0 Å². The van der Waals surface area contributed by atoms with E-state index < -0.39 is 30.8 Å². The highest BCUT2D eigenvalue weighted by Gasteiger charge is 2.25. The van der Waals surface area contributed by atoms with Gasteiger partial charge in [0.15, 0.2) is 0 Å². The molecular weight excluding hydrogens is 562 g/mol. The summed E-state index contributed by atoms with van der Waals surface area (Å²) in [6, 6.07) is 5.62. The summed E-state index contributed by atoms with van der Waals surface area (Å²) in [5, 5.41) is 2.93. The molecule has 0 amide bonds. The molecule has 0 radical (unpaired) electrons. The minimum absolute atomic E-state index is 0.182. The molecule has 3 rings (SSSR count). The van der Waals surface area contributed by atoms with Gasteiger partial charge in [-0.1, -0.05) is 33.8 Å². The first kappa shape index (κ1) is 35.1. The number of nitrogens with zero attached hydrogens (tertiary/aromatic N) is 6. The predicted octanol–water partition coefficient (Wildman–Crippen LogP) is 1.06. The van der Waals surface area contributed by atoms with E-state index in [9.17, 15) is 21.4 Å². The van der Waals surface area contributed by atoms with Gasteiger partial charge in [0.25, 0.3) is 10.1 Å². The molecule has 1 saturated heterocycles. The fourth-order valence-corrected chi connectivity index (χ4v) is 4.19. The van der Waals surface area contributed by atoms with Gasteiger partial charge in [-0.2, -0.15) is 27.7 Å². The van der Waals surface area contributed by atoms with Crippen molar-refractivity contribution in [3.05, 3.63) is 24.3 Å². The molecule has 1 aliphatic heterocycles. The second-order valence-corrected chi connectivity index (χ2v) is 10.9. The summed E-state index contributed by atoms with van der Waals surface area (Å²) in [6.07, 6.45) is 1.18. The van der Waals surface area contributed by atoms with Crippen LogP contribution in [0.1, 0.15) is 27.7 Å². The molecule has 2 aromatic rings. The maximum atomic E-state index is 11.7. The van der Waals surface area contributed by atoms with Crippen molar-refractivity contribution in [2.75, 3.05) is 61.6 Å². The van der Waals surface area contributed by atoms with Crippen molar-refractivity contribution in [2.24, 2.45) is 0 Å². The smallest absolute Gasteiger partial charge is 0.347 e. The predicted molar refractivity (Wildman–Crippen MR) is 145 cm³/mol. The second-order valence-electron chi connectivity index (χ2n) is 7.13. The number of piperazine rings is 1. The SMILES string of the molecule is CC.CC.CN(C)c1nc(Nc2cccc(S(=O)(=O)O)c2)nc(N2CCN(S(C)(=O)=O)CC2)n1.O=S(=O)=O. The van der Waals surface area contributed by atoms with Crippen LogP contribution >= 0.6 is 0 Å². The zero-order valence-electron chi connectivity index (χ0n) is 22.4. The normalized spacial score (nSPS) is 13.4. The molecule has 1 aliphatic rings. The molecule has 1 aromatic heterocycles. The molecular formula is C20H35N7O8S3. The average molecular weight is 598 g/mol. The van der Waals surface area contributed by atoms with E-state index in [2.05, 4.69) is 20.3 Å². The monoisotopic (exact) mass is 597 g/mol. The van der Waals surface area contributed by atoms with Crippen molar-refractivity contribution in [3.63, 3.8) is 0 Å². The Bertz CT molecular complexity index is 1340. The standard InChI is InChI=1S/C16H23N7O5S2.2C2H6.O3S/c1-21(2)15-18-14(17-12-5-4-6-13(11-12)30(26,27)28)19-16(20-15)22-7-9-23(10-8-22)29(3,24)25;2*1-2;1-4(2)3/h4-6,11H,7-10H2,1-3H3,(H,26,27,28)(H,17,18,19,20);2*1-2H3;. The Balaban J connectivity index is 0.00000153. The molecule has 1 aromatic carbocycles. The molecule has 2 N–H and O–H groups in total. The van der Waals surface area contributed by atoms with Crippen molar-refractivity contribution in [3.8, 4) is 0 Å². The number of anilines is 4. The number of sulfonamides is 1. The van der Waals surface area contributed by atoms with E-state index >= 15 is 0 Å². The van der Waals surface area contributed by atoms with Crippen molar-refractivity contribution in [1.82, 2.24) is 19.3 Å². The van der Waals surface area contributed by atoms with Crippen LogP contribution in [0.25, 0.3) is 0 Å². The van der Waals surface area contributed by atoms with Crippen LogP contribution in [-0.2, 0) is 30.8 Å². The summed E-state index contributed by atoms with van der Waals surface area (Å²) in [5.41, 5.74) is 0.369. The zero-order chi connectivity index (χ0) is 29.7. The number of hydrogen-bond donors (Lipinski definition) is 2. The highest BCUT2D eigenvalue weighted by atomic mass is 32.2. The second kappa shape index (κ2) is 16.1. The third-order valence-corrected chi connectivity index (χ3v) is 6.54. The minimum Gasteiger partial charge on any atom is -0.347 e. The molecule has 0 saturated carbocycles. The summed E-state index contributed by atoms with van der Waals surface area (Å²) >= 11 is 0. The van der Waals surface area contributed by atoms with Crippen LogP contribution in [0.2, 0.25) is 0 Å². The zero-order valence-corrected chi connectivity index (χ0v) is 24.8. The van der Waals surface area contributed by atoms with Crippen LogP contribution < -0.4 is 15.1 Å². The third kappa shape index (κ3) is 12.1. The molecule has 0 aliphatic carbocycles. The summed E-state index contributed by atoms with van der Waals surface area (Å²) in [4.78, 5) is 16.4. The van der Waals surface area contributed by atoms with Crippen molar-refractivity contribution in [2.45, 2.75) is 32.6 Å². The number of aromatic nitrogens is 3. The van der Waals surface area contributed by atoms with Crippen molar-refractivity contribution < 1.29 is 34.0 Å². The molecule has 1 fully saturated rings. The van der Waals surface area contributed by atoms with E-state index in [1.165, 1.54) is 28.8 Å². The van der Waals surface area contributed by atoms with Gasteiger partial charge in [0.2, 0.25) is 27.9 Å². The van der Waals surface area contributed by atoms with E-state index in [0.717, 1.165) is 0 Å². The molecule has 216 valence electrons. The molecule has 2 heterocycles. The topological polar surface area (TPSA) is 200 Å². The lowest BCUT2D eigenvalue weighted by Gasteiger charge is -2.33. The fraction of sp³-hybridized carbons (Fsp3) is 0.550. The van der Waals surface area contributed by atoms with Crippen LogP contribution in [0.3, 0.4) is 0 Å². The largest absolute Gasteiger partial charge is 0.425 e. The lowest BCUT2D eigenvalue weighted by atomic mass is 10.3. The highest BCUT2D eigenvalue weighted by molar-refractivity contribution is 7.88. The number of hydrogen-bond acceptors (Lipinski definition) is 13. The number of rotatable bonds is 6. The van der Waals surface area contributed by atoms with E-state index in [0.29, 0.717) is 43.8 Å². The van der Waals surface area contributed by atoms with Crippen LogP contribution in [-0.4, -0.2) is 99.8 Å². The van der Waals surface area contributed by atoms with Gasteiger partial charge in [-0.3, -0.25) is 4.55 Å². The average Bonchev–Trinajstić information content (AvgIpc) is 2.85. The van der Waals surface area contributed by atoms with Crippen LogP contribution in [0.15, 0.2) is 29.2 Å². The summed E-state index contributed by atoms with van der Waals surface area (Å²) in [5.74, 6) is 0.927. The van der Waals surface area contributed by atoms with Crippen LogP contribution in [0.5, 0.6) is 0 Å². The Morgan fingerprint density at radius 3 is 1.89 bits per heavy atom.